The number of aliphatic hydroxyl groups is 1. The predicted molar refractivity (Wildman–Crippen MR) is 104 cm³/mol. The first-order valence-electron chi connectivity index (χ1n) is 9.34. The molecule has 0 spiro atoms. The molecule has 1 heterocycles. The second-order valence-electron chi connectivity index (χ2n) is 6.90. The molecule has 0 radical (unpaired) electrons. The number of likely N-dealkylation sites (tertiary alicyclic amines) is 1. The van der Waals surface area contributed by atoms with Gasteiger partial charge in [-0.2, -0.15) is 0 Å². The molecular weight excluding hydrogens is 342 g/mol. The van der Waals surface area contributed by atoms with Gasteiger partial charge in [-0.3, -0.25) is 4.79 Å². The summed E-state index contributed by atoms with van der Waals surface area (Å²) in [7, 11) is 3.20. The number of methoxy groups -OCH3 is 2. The highest BCUT2D eigenvalue weighted by Gasteiger charge is 2.30. The first-order valence-corrected chi connectivity index (χ1v) is 9.34. The van der Waals surface area contributed by atoms with Crippen LogP contribution in [0.1, 0.15) is 29.9 Å². The molecule has 1 N–H and O–H groups in total. The number of β-amino-alcohol motifs (C(OH)–C–C–N with tert-alkyl or cyclic N) is 1. The molecule has 2 aromatic carbocycles. The van der Waals surface area contributed by atoms with E-state index in [0.29, 0.717) is 37.4 Å². The molecule has 5 nitrogen and oxygen atoms in total. The van der Waals surface area contributed by atoms with E-state index in [9.17, 15) is 9.90 Å². The second kappa shape index (κ2) is 8.91. The van der Waals surface area contributed by atoms with Crippen LogP contribution in [0.2, 0.25) is 0 Å². The van der Waals surface area contributed by atoms with Crippen molar-refractivity contribution >= 4 is 5.91 Å². The monoisotopic (exact) mass is 369 g/mol. The third kappa shape index (κ3) is 4.61. The zero-order chi connectivity index (χ0) is 19.2. The lowest BCUT2D eigenvalue weighted by Crippen LogP contribution is -2.45. The Kier molecular flexibility index (Phi) is 6.35. The van der Waals surface area contributed by atoms with Crippen LogP contribution in [0.5, 0.6) is 11.5 Å². The number of hydrogen-bond acceptors (Lipinski definition) is 4. The van der Waals surface area contributed by atoms with E-state index in [0.717, 1.165) is 17.5 Å². The number of hydrogen-bond donors (Lipinski definition) is 1. The molecule has 2 atom stereocenters. The molecule has 3 rings (SSSR count). The molecule has 1 saturated heterocycles. The van der Waals surface area contributed by atoms with Gasteiger partial charge in [0.2, 0.25) is 5.91 Å². The molecule has 0 bridgehead atoms. The van der Waals surface area contributed by atoms with Crippen LogP contribution < -0.4 is 9.47 Å². The van der Waals surface area contributed by atoms with Crippen LogP contribution in [-0.4, -0.2) is 49.3 Å². The van der Waals surface area contributed by atoms with Gasteiger partial charge in [-0.05, 0) is 36.1 Å². The van der Waals surface area contributed by atoms with Crippen LogP contribution >= 0.6 is 0 Å². The lowest BCUT2D eigenvalue weighted by Gasteiger charge is -2.36. The minimum Gasteiger partial charge on any atom is -0.493 e. The number of aliphatic hydroxyl groups excluding tert-OH is 1. The maximum absolute atomic E-state index is 12.6. The number of piperidine rings is 1. The van der Waals surface area contributed by atoms with Gasteiger partial charge < -0.3 is 19.5 Å². The van der Waals surface area contributed by atoms with Crippen molar-refractivity contribution in [3.05, 3.63) is 59.7 Å². The fourth-order valence-corrected chi connectivity index (χ4v) is 3.69. The summed E-state index contributed by atoms with van der Waals surface area (Å²) in [4.78, 5) is 14.4. The van der Waals surface area contributed by atoms with Crippen molar-refractivity contribution in [2.75, 3.05) is 27.3 Å². The highest BCUT2D eigenvalue weighted by molar-refractivity contribution is 5.76. The highest BCUT2D eigenvalue weighted by atomic mass is 16.5. The Hall–Kier alpha value is -2.53. The first kappa shape index (κ1) is 19.2. The van der Waals surface area contributed by atoms with Crippen molar-refractivity contribution in [3.8, 4) is 11.5 Å². The van der Waals surface area contributed by atoms with Crippen LogP contribution in [0.3, 0.4) is 0 Å². The third-order valence-corrected chi connectivity index (χ3v) is 5.24. The SMILES string of the molecule is COc1ccc(CCC(=O)N2CC[C@@H](c3ccccc3)[C@H](O)C2)cc1OC. The molecule has 2 aromatic rings. The van der Waals surface area contributed by atoms with E-state index < -0.39 is 6.10 Å². The van der Waals surface area contributed by atoms with Crippen molar-refractivity contribution in [1.82, 2.24) is 4.90 Å². The molecule has 1 aliphatic heterocycles. The van der Waals surface area contributed by atoms with E-state index in [1.165, 1.54) is 0 Å². The molecule has 1 fully saturated rings. The Labute approximate surface area is 160 Å². The zero-order valence-electron chi connectivity index (χ0n) is 15.9. The van der Waals surface area contributed by atoms with Gasteiger partial charge in [-0.25, -0.2) is 0 Å². The normalized spacial score (nSPS) is 19.6. The summed E-state index contributed by atoms with van der Waals surface area (Å²) >= 11 is 0. The second-order valence-corrected chi connectivity index (χ2v) is 6.90. The Morgan fingerprint density at radius 2 is 1.85 bits per heavy atom. The lowest BCUT2D eigenvalue weighted by molar-refractivity contribution is -0.134. The Morgan fingerprint density at radius 1 is 1.11 bits per heavy atom. The Morgan fingerprint density at radius 3 is 2.52 bits per heavy atom. The average molecular weight is 369 g/mol. The number of carbonyl (C=O) groups excluding carboxylic acids is 1. The van der Waals surface area contributed by atoms with Gasteiger partial charge in [-0.1, -0.05) is 36.4 Å². The van der Waals surface area contributed by atoms with Crippen LogP contribution in [0.15, 0.2) is 48.5 Å². The molecular formula is C22H27NO4. The van der Waals surface area contributed by atoms with E-state index >= 15 is 0 Å². The summed E-state index contributed by atoms with van der Waals surface area (Å²) < 4.78 is 10.6. The summed E-state index contributed by atoms with van der Waals surface area (Å²) in [5.41, 5.74) is 2.17. The van der Waals surface area contributed by atoms with E-state index in [2.05, 4.69) is 0 Å². The summed E-state index contributed by atoms with van der Waals surface area (Å²) in [6.45, 7) is 1.08. The number of ether oxygens (including phenoxy) is 2. The quantitative estimate of drug-likeness (QED) is 0.850. The third-order valence-electron chi connectivity index (χ3n) is 5.24. The predicted octanol–water partition coefficient (Wildman–Crippen LogP) is 3.01. The molecule has 0 saturated carbocycles. The van der Waals surface area contributed by atoms with Gasteiger partial charge in [0.15, 0.2) is 11.5 Å². The van der Waals surface area contributed by atoms with Crippen molar-refractivity contribution in [1.29, 1.82) is 0 Å². The molecule has 5 heteroatoms. The minimum atomic E-state index is -0.522. The summed E-state index contributed by atoms with van der Waals surface area (Å²) in [5.74, 6) is 1.52. The van der Waals surface area contributed by atoms with Crippen LogP contribution in [0, 0.1) is 0 Å². The zero-order valence-corrected chi connectivity index (χ0v) is 15.9. The standard InChI is InChI=1S/C22H27NO4/c1-26-20-10-8-16(14-21(20)27-2)9-11-22(25)23-13-12-18(19(24)15-23)17-6-4-3-5-7-17/h3-8,10,14,18-19,24H,9,11-13,15H2,1-2H3/t18-,19+/m0/s1. The van der Waals surface area contributed by atoms with Gasteiger partial charge in [0.1, 0.15) is 0 Å². The van der Waals surface area contributed by atoms with Gasteiger partial charge >= 0.3 is 0 Å². The van der Waals surface area contributed by atoms with E-state index in [-0.39, 0.29) is 11.8 Å². The molecule has 0 aliphatic carbocycles. The average Bonchev–Trinajstić information content (AvgIpc) is 2.72. The first-order chi connectivity index (χ1) is 13.1. The van der Waals surface area contributed by atoms with E-state index in [1.807, 2.05) is 48.5 Å². The maximum atomic E-state index is 12.6. The van der Waals surface area contributed by atoms with Gasteiger partial charge in [-0.15, -0.1) is 0 Å². The number of rotatable bonds is 6. The molecule has 144 valence electrons. The fraction of sp³-hybridized carbons (Fsp3) is 0.409. The van der Waals surface area contributed by atoms with E-state index in [4.69, 9.17) is 9.47 Å². The number of benzene rings is 2. The Balaban J connectivity index is 1.55. The lowest BCUT2D eigenvalue weighted by atomic mass is 9.87. The van der Waals surface area contributed by atoms with Gasteiger partial charge in [0, 0.05) is 25.4 Å². The fourth-order valence-electron chi connectivity index (χ4n) is 3.69. The summed E-state index contributed by atoms with van der Waals surface area (Å²) in [6.07, 6.45) is 1.31. The van der Waals surface area contributed by atoms with Crippen molar-refractivity contribution in [2.45, 2.75) is 31.3 Å². The molecule has 1 amide bonds. The summed E-state index contributed by atoms with van der Waals surface area (Å²) in [6, 6.07) is 15.8. The van der Waals surface area contributed by atoms with Gasteiger partial charge in [0.05, 0.1) is 20.3 Å². The number of carbonyl (C=O) groups is 1. The summed E-state index contributed by atoms with van der Waals surface area (Å²) in [5, 5.41) is 10.5. The van der Waals surface area contributed by atoms with Crippen molar-refractivity contribution in [3.63, 3.8) is 0 Å². The van der Waals surface area contributed by atoms with Crippen molar-refractivity contribution < 1.29 is 19.4 Å². The number of amides is 1. The number of aryl methyl sites for hydroxylation is 1. The Bertz CT molecular complexity index is 762. The maximum Gasteiger partial charge on any atom is 0.222 e. The smallest absolute Gasteiger partial charge is 0.222 e. The molecule has 1 aliphatic rings. The van der Waals surface area contributed by atoms with E-state index in [1.54, 1.807) is 19.1 Å². The molecule has 27 heavy (non-hydrogen) atoms. The number of nitrogens with zero attached hydrogens (tertiary/aromatic N) is 1. The molecule has 0 unspecified atom stereocenters. The molecule has 0 aromatic heterocycles. The van der Waals surface area contributed by atoms with Crippen LogP contribution in [-0.2, 0) is 11.2 Å². The van der Waals surface area contributed by atoms with Crippen molar-refractivity contribution in [2.24, 2.45) is 0 Å². The van der Waals surface area contributed by atoms with Gasteiger partial charge in [0.25, 0.3) is 0 Å². The van der Waals surface area contributed by atoms with Crippen LogP contribution in [0.4, 0.5) is 0 Å². The largest absolute Gasteiger partial charge is 0.493 e. The van der Waals surface area contributed by atoms with Crippen LogP contribution in [0.25, 0.3) is 0 Å². The topological polar surface area (TPSA) is 59.0 Å². The highest BCUT2D eigenvalue weighted by Crippen LogP contribution is 2.30. The minimum absolute atomic E-state index is 0.0790.